The Balaban J connectivity index is 1.80. The van der Waals surface area contributed by atoms with Gasteiger partial charge in [-0.3, -0.25) is 9.44 Å². The van der Waals surface area contributed by atoms with E-state index in [0.29, 0.717) is 17.1 Å². The summed E-state index contributed by atoms with van der Waals surface area (Å²) in [5.74, 6) is 1.38. The molecule has 0 radical (unpaired) electrons. The van der Waals surface area contributed by atoms with Crippen molar-refractivity contribution >= 4 is 31.4 Å². The van der Waals surface area contributed by atoms with E-state index in [-0.39, 0.29) is 26.9 Å². The molecule has 0 aliphatic heterocycles. The molecule has 0 aliphatic carbocycles. The zero-order valence-electron chi connectivity index (χ0n) is 18.4. The molecule has 9 nitrogen and oxygen atoms in total. The zero-order chi connectivity index (χ0) is 24.2. The molecule has 3 aromatic carbocycles. The number of sulfonamides is 2. The van der Waals surface area contributed by atoms with Crippen LogP contribution in [0.5, 0.6) is 17.2 Å². The molecular weight excluding hydrogens is 468 g/mol. The molecule has 11 heteroatoms. The fraction of sp³-hybridized carbons (Fsp3) is 0.182. The highest BCUT2D eigenvalue weighted by molar-refractivity contribution is 7.93. The van der Waals surface area contributed by atoms with Crippen molar-refractivity contribution in [3.8, 4) is 17.2 Å². The van der Waals surface area contributed by atoms with Crippen molar-refractivity contribution in [3.63, 3.8) is 0 Å². The van der Waals surface area contributed by atoms with Gasteiger partial charge in [-0.25, -0.2) is 16.8 Å². The minimum atomic E-state index is -3.95. The number of anilines is 2. The largest absolute Gasteiger partial charge is 0.497 e. The molecule has 0 heterocycles. The Kier molecular flexibility index (Phi) is 7.04. The quantitative estimate of drug-likeness (QED) is 0.468. The highest BCUT2D eigenvalue weighted by Crippen LogP contribution is 2.31. The third-order valence-electron chi connectivity index (χ3n) is 4.75. The number of ether oxygens (including phenoxy) is 3. The lowest BCUT2D eigenvalue weighted by molar-refractivity contribution is 0.395. The fourth-order valence-electron chi connectivity index (χ4n) is 3.02. The third-order valence-corrected chi connectivity index (χ3v) is 7.51. The van der Waals surface area contributed by atoms with Crippen LogP contribution in [0.4, 0.5) is 11.4 Å². The number of methoxy groups -OCH3 is 3. The van der Waals surface area contributed by atoms with Gasteiger partial charge in [-0.05, 0) is 67.1 Å². The molecular formula is C22H24N2O7S2. The van der Waals surface area contributed by atoms with Crippen LogP contribution in [-0.2, 0) is 20.0 Å². The van der Waals surface area contributed by atoms with Gasteiger partial charge in [0, 0.05) is 11.8 Å². The predicted molar refractivity (Wildman–Crippen MR) is 125 cm³/mol. The molecule has 0 aliphatic rings. The number of nitrogens with one attached hydrogen (secondary N) is 2. The second kappa shape index (κ2) is 9.59. The van der Waals surface area contributed by atoms with Gasteiger partial charge in [0.1, 0.15) is 17.2 Å². The first-order valence-corrected chi connectivity index (χ1v) is 12.6. The molecule has 0 saturated carbocycles. The molecule has 0 atom stereocenters. The van der Waals surface area contributed by atoms with Crippen molar-refractivity contribution in [2.24, 2.45) is 0 Å². The maximum absolute atomic E-state index is 12.8. The SMILES string of the molecule is COc1ccc(NS(=O)(=O)c2ccc(NS(=O)(=O)c3ccc(OC)c(C)c3)cc2)c(OC)c1. The molecule has 3 rings (SSSR count). The van der Waals surface area contributed by atoms with Crippen LogP contribution in [0.15, 0.2) is 70.5 Å². The Morgan fingerprint density at radius 1 is 0.636 bits per heavy atom. The smallest absolute Gasteiger partial charge is 0.262 e. The molecule has 33 heavy (non-hydrogen) atoms. The van der Waals surface area contributed by atoms with Gasteiger partial charge in [0.25, 0.3) is 20.0 Å². The first-order chi connectivity index (χ1) is 15.6. The molecule has 0 spiro atoms. The van der Waals surface area contributed by atoms with Gasteiger partial charge in [0.15, 0.2) is 0 Å². The van der Waals surface area contributed by atoms with Gasteiger partial charge in [-0.2, -0.15) is 0 Å². The van der Waals surface area contributed by atoms with E-state index in [0.717, 1.165) is 0 Å². The van der Waals surface area contributed by atoms with E-state index < -0.39 is 20.0 Å². The van der Waals surface area contributed by atoms with Crippen molar-refractivity contribution in [2.45, 2.75) is 16.7 Å². The molecule has 0 amide bonds. The lowest BCUT2D eigenvalue weighted by Crippen LogP contribution is -2.15. The first-order valence-electron chi connectivity index (χ1n) is 9.62. The van der Waals surface area contributed by atoms with Gasteiger partial charge >= 0.3 is 0 Å². The summed E-state index contributed by atoms with van der Waals surface area (Å²) in [6.45, 7) is 1.74. The van der Waals surface area contributed by atoms with Gasteiger partial charge in [0.05, 0.1) is 36.8 Å². The average molecular weight is 493 g/mol. The van der Waals surface area contributed by atoms with E-state index in [1.165, 1.54) is 63.8 Å². The monoisotopic (exact) mass is 492 g/mol. The second-order valence-corrected chi connectivity index (χ2v) is 10.3. The van der Waals surface area contributed by atoms with Crippen LogP contribution in [-0.4, -0.2) is 38.2 Å². The molecule has 0 bridgehead atoms. The molecule has 2 N–H and O–H groups in total. The maximum atomic E-state index is 12.8. The van der Waals surface area contributed by atoms with Crippen LogP contribution in [0.1, 0.15) is 5.56 Å². The predicted octanol–water partition coefficient (Wildman–Crippen LogP) is 3.62. The summed E-state index contributed by atoms with van der Waals surface area (Å²) in [6.07, 6.45) is 0. The minimum absolute atomic E-state index is 0.0522. The number of hydrogen-bond donors (Lipinski definition) is 2. The lowest BCUT2D eigenvalue weighted by atomic mass is 10.2. The van der Waals surface area contributed by atoms with Crippen molar-refractivity contribution in [3.05, 3.63) is 66.2 Å². The Bertz CT molecular complexity index is 1350. The molecule has 0 aromatic heterocycles. The van der Waals surface area contributed by atoms with Crippen molar-refractivity contribution in [2.75, 3.05) is 30.8 Å². The van der Waals surface area contributed by atoms with Crippen LogP contribution in [0.25, 0.3) is 0 Å². The van der Waals surface area contributed by atoms with Crippen LogP contribution < -0.4 is 23.7 Å². The zero-order valence-corrected chi connectivity index (χ0v) is 20.1. The van der Waals surface area contributed by atoms with Crippen LogP contribution in [0.2, 0.25) is 0 Å². The van der Waals surface area contributed by atoms with E-state index in [4.69, 9.17) is 14.2 Å². The van der Waals surface area contributed by atoms with Crippen molar-refractivity contribution in [1.82, 2.24) is 0 Å². The molecule has 0 unspecified atom stereocenters. The van der Waals surface area contributed by atoms with Crippen LogP contribution >= 0.6 is 0 Å². The Morgan fingerprint density at radius 2 is 1.24 bits per heavy atom. The fourth-order valence-corrected chi connectivity index (χ4v) is 5.23. The molecule has 0 fully saturated rings. The van der Waals surface area contributed by atoms with Crippen LogP contribution in [0.3, 0.4) is 0 Å². The highest BCUT2D eigenvalue weighted by Gasteiger charge is 2.19. The topological polar surface area (TPSA) is 120 Å². The second-order valence-electron chi connectivity index (χ2n) is 6.93. The number of rotatable bonds is 9. The average Bonchev–Trinajstić information content (AvgIpc) is 2.79. The Labute approximate surface area is 193 Å². The Hall–Kier alpha value is -3.44. The van der Waals surface area contributed by atoms with E-state index >= 15 is 0 Å². The normalized spacial score (nSPS) is 11.5. The number of benzene rings is 3. The van der Waals surface area contributed by atoms with Crippen molar-refractivity contribution in [1.29, 1.82) is 0 Å². The van der Waals surface area contributed by atoms with Gasteiger partial charge < -0.3 is 14.2 Å². The van der Waals surface area contributed by atoms with E-state index in [9.17, 15) is 16.8 Å². The van der Waals surface area contributed by atoms with Crippen molar-refractivity contribution < 1.29 is 31.0 Å². The number of hydrogen-bond acceptors (Lipinski definition) is 7. The van der Waals surface area contributed by atoms with Gasteiger partial charge in [-0.1, -0.05) is 0 Å². The summed E-state index contributed by atoms with van der Waals surface area (Å²) < 4.78 is 71.3. The minimum Gasteiger partial charge on any atom is -0.497 e. The van der Waals surface area contributed by atoms with Gasteiger partial charge in [0.2, 0.25) is 0 Å². The summed E-state index contributed by atoms with van der Waals surface area (Å²) in [5, 5.41) is 0. The summed E-state index contributed by atoms with van der Waals surface area (Å²) in [7, 11) is -3.42. The summed E-state index contributed by atoms with van der Waals surface area (Å²) in [4.78, 5) is 0.00868. The summed E-state index contributed by atoms with van der Waals surface area (Å²) in [6, 6.07) is 14.5. The molecule has 0 saturated heterocycles. The standard InChI is InChI=1S/C22H24N2O7S2/c1-15-13-19(10-12-21(15)30-3)33(27,28)23-16-5-8-18(9-6-16)32(25,26)24-20-11-7-17(29-2)14-22(20)31-4/h5-14,23-24H,1-4H3. The third kappa shape index (κ3) is 5.49. The molecule has 3 aromatic rings. The first kappa shape index (κ1) is 24.2. The lowest BCUT2D eigenvalue weighted by Gasteiger charge is -2.14. The Morgan fingerprint density at radius 3 is 1.82 bits per heavy atom. The summed E-state index contributed by atoms with van der Waals surface area (Å²) >= 11 is 0. The van der Waals surface area contributed by atoms with E-state index in [1.807, 2.05) is 0 Å². The van der Waals surface area contributed by atoms with E-state index in [2.05, 4.69) is 9.44 Å². The van der Waals surface area contributed by atoms with E-state index in [1.54, 1.807) is 25.1 Å². The molecule has 176 valence electrons. The summed E-state index contributed by atoms with van der Waals surface area (Å²) in [5.41, 5.74) is 1.12. The number of aryl methyl sites for hydroxylation is 1. The maximum Gasteiger partial charge on any atom is 0.262 e. The van der Waals surface area contributed by atoms with Crippen LogP contribution in [0, 0.1) is 6.92 Å². The van der Waals surface area contributed by atoms with Gasteiger partial charge in [-0.15, -0.1) is 0 Å². The highest BCUT2D eigenvalue weighted by atomic mass is 32.2.